The van der Waals surface area contributed by atoms with E-state index in [9.17, 15) is 14.4 Å². The highest BCUT2D eigenvalue weighted by atomic mass is 16.5. The molecule has 2 fully saturated rings. The minimum absolute atomic E-state index is 0.00286. The molecule has 2 saturated heterocycles. The van der Waals surface area contributed by atoms with E-state index in [4.69, 9.17) is 9.84 Å². The van der Waals surface area contributed by atoms with Gasteiger partial charge in [0.15, 0.2) is 0 Å². The lowest BCUT2D eigenvalue weighted by Gasteiger charge is -2.34. The normalized spacial score (nSPS) is 24.7. The fourth-order valence-electron chi connectivity index (χ4n) is 3.95. The molecule has 2 N–H and O–H groups in total. The summed E-state index contributed by atoms with van der Waals surface area (Å²) in [5.41, 5.74) is 0.637. The summed E-state index contributed by atoms with van der Waals surface area (Å²) >= 11 is 0. The topological polar surface area (TPSA) is 95.9 Å². The Labute approximate surface area is 165 Å². The van der Waals surface area contributed by atoms with Crippen LogP contribution in [0.4, 0.5) is 0 Å². The molecule has 1 aromatic carbocycles. The second-order valence-electron chi connectivity index (χ2n) is 7.63. The Balaban J connectivity index is 1.45. The van der Waals surface area contributed by atoms with Gasteiger partial charge in [-0.2, -0.15) is 0 Å². The summed E-state index contributed by atoms with van der Waals surface area (Å²) in [6.45, 7) is 1.87. The van der Waals surface area contributed by atoms with Crippen molar-refractivity contribution in [1.82, 2.24) is 10.2 Å². The van der Waals surface area contributed by atoms with Crippen LogP contribution in [0.5, 0.6) is 0 Å². The molecule has 0 aliphatic carbocycles. The Kier molecular flexibility index (Phi) is 7.03. The first kappa shape index (κ1) is 20.3. The van der Waals surface area contributed by atoms with E-state index in [2.05, 4.69) is 5.32 Å². The van der Waals surface area contributed by atoms with Gasteiger partial charge in [-0.25, -0.2) is 0 Å². The number of carboxylic acids is 1. The number of hydrogen-bond donors (Lipinski definition) is 2. The predicted octanol–water partition coefficient (Wildman–Crippen LogP) is 2.07. The molecule has 7 nitrogen and oxygen atoms in total. The van der Waals surface area contributed by atoms with Crippen molar-refractivity contribution in [2.45, 2.75) is 50.7 Å². The van der Waals surface area contributed by atoms with E-state index < -0.39 is 12.1 Å². The summed E-state index contributed by atoms with van der Waals surface area (Å²) in [6.07, 6.45) is 3.18. The third kappa shape index (κ3) is 5.55. The number of hydrogen-bond acceptors (Lipinski definition) is 4. The van der Waals surface area contributed by atoms with Crippen molar-refractivity contribution in [3.63, 3.8) is 0 Å². The summed E-state index contributed by atoms with van der Waals surface area (Å²) in [4.78, 5) is 37.5. The van der Waals surface area contributed by atoms with Gasteiger partial charge in [0.2, 0.25) is 0 Å². The first-order valence-electron chi connectivity index (χ1n) is 10.0. The second kappa shape index (κ2) is 9.68. The van der Waals surface area contributed by atoms with Crippen molar-refractivity contribution in [2.75, 3.05) is 19.6 Å². The molecule has 1 aromatic rings. The van der Waals surface area contributed by atoms with Crippen LogP contribution in [-0.2, 0) is 14.3 Å². The third-order valence-corrected chi connectivity index (χ3v) is 5.48. The van der Waals surface area contributed by atoms with Crippen LogP contribution in [0.25, 0.3) is 0 Å². The Hall–Kier alpha value is -2.41. The number of piperidine rings is 1. The van der Waals surface area contributed by atoms with Crippen molar-refractivity contribution in [2.24, 2.45) is 5.92 Å². The van der Waals surface area contributed by atoms with E-state index >= 15 is 0 Å². The predicted molar refractivity (Wildman–Crippen MR) is 103 cm³/mol. The fourth-order valence-corrected chi connectivity index (χ4v) is 3.95. The molecule has 3 atom stereocenters. The van der Waals surface area contributed by atoms with Crippen molar-refractivity contribution in [3.05, 3.63) is 35.9 Å². The zero-order valence-corrected chi connectivity index (χ0v) is 16.0. The molecule has 0 saturated carbocycles. The minimum Gasteiger partial charge on any atom is -0.481 e. The van der Waals surface area contributed by atoms with E-state index in [1.807, 2.05) is 23.1 Å². The van der Waals surface area contributed by atoms with Crippen molar-refractivity contribution >= 4 is 17.8 Å². The van der Waals surface area contributed by atoms with Gasteiger partial charge in [-0.1, -0.05) is 18.2 Å². The van der Waals surface area contributed by atoms with Crippen LogP contribution in [0, 0.1) is 5.92 Å². The van der Waals surface area contributed by atoms with Crippen LogP contribution in [0.2, 0.25) is 0 Å². The second-order valence-corrected chi connectivity index (χ2v) is 7.63. The van der Waals surface area contributed by atoms with Gasteiger partial charge < -0.3 is 20.1 Å². The first-order valence-corrected chi connectivity index (χ1v) is 10.0. The Morgan fingerprint density at radius 2 is 1.93 bits per heavy atom. The van der Waals surface area contributed by atoms with Crippen LogP contribution < -0.4 is 5.32 Å². The number of ether oxygens (including phenoxy) is 1. The largest absolute Gasteiger partial charge is 0.481 e. The number of aliphatic carboxylic acids is 1. The maximum Gasteiger partial charge on any atom is 0.303 e. The number of rotatable bonds is 7. The number of carbonyl (C=O) groups excluding carboxylic acids is 2. The maximum absolute atomic E-state index is 12.8. The molecule has 1 unspecified atom stereocenters. The van der Waals surface area contributed by atoms with Crippen LogP contribution >= 0.6 is 0 Å². The zero-order valence-electron chi connectivity index (χ0n) is 16.0. The molecule has 28 heavy (non-hydrogen) atoms. The average Bonchev–Trinajstić information content (AvgIpc) is 3.20. The lowest BCUT2D eigenvalue weighted by molar-refractivity contribution is -0.145. The van der Waals surface area contributed by atoms with Gasteiger partial charge in [0.25, 0.3) is 11.8 Å². The molecule has 0 radical (unpaired) electrons. The van der Waals surface area contributed by atoms with Crippen LogP contribution in [0.1, 0.15) is 48.9 Å². The fraction of sp³-hybridized carbons (Fsp3) is 0.571. The lowest BCUT2D eigenvalue weighted by Crippen LogP contribution is -2.47. The van der Waals surface area contributed by atoms with Crippen molar-refractivity contribution in [1.29, 1.82) is 0 Å². The van der Waals surface area contributed by atoms with Gasteiger partial charge in [-0.3, -0.25) is 14.4 Å². The monoisotopic (exact) mass is 388 g/mol. The molecule has 0 bridgehead atoms. The number of carbonyl (C=O) groups is 3. The highest BCUT2D eigenvalue weighted by Crippen LogP contribution is 2.26. The maximum atomic E-state index is 12.8. The minimum atomic E-state index is -0.838. The van der Waals surface area contributed by atoms with E-state index in [-0.39, 0.29) is 30.3 Å². The summed E-state index contributed by atoms with van der Waals surface area (Å²) in [5.74, 6) is -0.703. The number of carboxylic acid groups (broad SMARTS) is 1. The number of nitrogens with zero attached hydrogens (tertiary/aromatic N) is 1. The van der Waals surface area contributed by atoms with Gasteiger partial charge in [-0.05, 0) is 50.2 Å². The summed E-state index contributed by atoms with van der Waals surface area (Å²) in [7, 11) is 0. The quantitative estimate of drug-likeness (QED) is 0.745. The van der Waals surface area contributed by atoms with Gasteiger partial charge in [0.05, 0.1) is 6.10 Å². The molecule has 152 valence electrons. The smallest absolute Gasteiger partial charge is 0.303 e. The molecule has 2 heterocycles. The van der Waals surface area contributed by atoms with Gasteiger partial charge >= 0.3 is 5.97 Å². The SMILES string of the molecule is O=C(O)CC[C@@H]1CC[C@H](C(=O)N2CCCC(CNC(=O)c3ccccc3)C2)O1. The Bertz CT molecular complexity index is 693. The standard InChI is InChI=1S/C21H28N2O5/c24-19(25)11-9-17-8-10-18(28-17)21(27)23-12-4-5-15(14-23)13-22-20(26)16-6-2-1-3-7-16/h1-3,6-7,15,17-18H,4-5,8-14H2,(H,22,26)(H,24,25)/t15?,17-,18+/m0/s1. The van der Waals surface area contributed by atoms with Crippen LogP contribution in [-0.4, -0.2) is 59.6 Å². The summed E-state index contributed by atoms with van der Waals surface area (Å²) < 4.78 is 5.79. The van der Waals surface area contributed by atoms with Crippen molar-refractivity contribution < 1.29 is 24.2 Å². The van der Waals surface area contributed by atoms with E-state index in [0.29, 0.717) is 38.0 Å². The average molecular weight is 388 g/mol. The summed E-state index contributed by atoms with van der Waals surface area (Å²) in [5, 5.41) is 11.8. The Morgan fingerprint density at radius 1 is 1.14 bits per heavy atom. The van der Waals surface area contributed by atoms with Crippen LogP contribution in [0.15, 0.2) is 30.3 Å². The van der Waals surface area contributed by atoms with E-state index in [0.717, 1.165) is 19.3 Å². The molecule has 3 rings (SSSR count). The molecular weight excluding hydrogens is 360 g/mol. The highest BCUT2D eigenvalue weighted by molar-refractivity contribution is 5.94. The van der Waals surface area contributed by atoms with Gasteiger partial charge in [0.1, 0.15) is 6.10 Å². The lowest BCUT2D eigenvalue weighted by atomic mass is 9.97. The molecule has 7 heteroatoms. The number of amides is 2. The molecule has 2 aliphatic heterocycles. The number of likely N-dealkylation sites (tertiary alicyclic amines) is 1. The van der Waals surface area contributed by atoms with E-state index in [1.54, 1.807) is 12.1 Å². The third-order valence-electron chi connectivity index (χ3n) is 5.48. The van der Waals surface area contributed by atoms with Crippen LogP contribution in [0.3, 0.4) is 0 Å². The van der Waals surface area contributed by atoms with Gasteiger partial charge in [0, 0.05) is 31.6 Å². The van der Waals surface area contributed by atoms with Crippen molar-refractivity contribution in [3.8, 4) is 0 Å². The number of benzene rings is 1. The highest BCUT2D eigenvalue weighted by Gasteiger charge is 2.35. The molecule has 2 amide bonds. The zero-order chi connectivity index (χ0) is 19.9. The molecule has 2 aliphatic rings. The summed E-state index contributed by atoms with van der Waals surface area (Å²) in [6, 6.07) is 9.11. The molecule has 0 aromatic heterocycles. The number of nitrogens with one attached hydrogen (secondary N) is 1. The molecular formula is C21H28N2O5. The van der Waals surface area contributed by atoms with E-state index in [1.165, 1.54) is 0 Å². The first-order chi connectivity index (χ1) is 13.5. The Morgan fingerprint density at radius 3 is 2.68 bits per heavy atom. The van der Waals surface area contributed by atoms with Gasteiger partial charge in [-0.15, -0.1) is 0 Å². The molecule has 0 spiro atoms.